The van der Waals surface area contributed by atoms with Gasteiger partial charge in [0.25, 0.3) is 5.91 Å². The monoisotopic (exact) mass is 298 g/mol. The average Bonchev–Trinajstić information content (AvgIpc) is 2.47. The van der Waals surface area contributed by atoms with Gasteiger partial charge in [0.05, 0.1) is 12.2 Å². The fraction of sp³-hybridized carbons (Fsp3) is 0.462. The zero-order valence-electron chi connectivity index (χ0n) is 11.1. The number of para-hydroxylation sites is 1. The molecule has 116 valence electrons. The number of ether oxygens (including phenoxy) is 1. The number of anilines is 1. The molecule has 0 aromatic heterocycles. The van der Waals surface area contributed by atoms with E-state index in [1.54, 1.807) is 12.1 Å². The molecule has 0 aliphatic carbocycles. The Kier molecular flexibility index (Phi) is 4.76. The van der Waals surface area contributed by atoms with E-state index in [4.69, 9.17) is 15.6 Å². The number of nitrogens with two attached hydrogens (primary N) is 1. The lowest BCUT2D eigenvalue weighted by Gasteiger charge is -2.40. The standard InChI is InChI=1S/C13H18N2O6/c14-7-4-2-1-3-6(7)12(19)15-9-11(18)10(17)8(5-16)21-13(9)20/h1-4,8-11,13,16-18,20H,5,14H2,(H,15,19). The summed E-state index contributed by atoms with van der Waals surface area (Å²) in [5.74, 6) is -0.616. The van der Waals surface area contributed by atoms with Gasteiger partial charge in [0.15, 0.2) is 6.29 Å². The van der Waals surface area contributed by atoms with Gasteiger partial charge < -0.3 is 36.2 Å². The van der Waals surface area contributed by atoms with Gasteiger partial charge in [0, 0.05) is 5.69 Å². The van der Waals surface area contributed by atoms with E-state index in [9.17, 15) is 20.1 Å². The van der Waals surface area contributed by atoms with Crippen molar-refractivity contribution in [3.8, 4) is 0 Å². The zero-order chi connectivity index (χ0) is 15.6. The third-order valence-electron chi connectivity index (χ3n) is 3.40. The Labute approximate surface area is 120 Å². The first-order valence-corrected chi connectivity index (χ1v) is 6.41. The maximum absolute atomic E-state index is 12.1. The average molecular weight is 298 g/mol. The summed E-state index contributed by atoms with van der Waals surface area (Å²) in [4.78, 5) is 12.1. The van der Waals surface area contributed by atoms with Crippen LogP contribution in [0.1, 0.15) is 10.4 Å². The zero-order valence-corrected chi connectivity index (χ0v) is 11.1. The van der Waals surface area contributed by atoms with Gasteiger partial charge in [0.2, 0.25) is 0 Å². The third-order valence-corrected chi connectivity index (χ3v) is 3.40. The molecule has 0 spiro atoms. The largest absolute Gasteiger partial charge is 0.398 e. The first-order chi connectivity index (χ1) is 9.95. The highest BCUT2D eigenvalue weighted by atomic mass is 16.6. The quantitative estimate of drug-likeness (QED) is 0.347. The molecule has 1 aromatic rings. The van der Waals surface area contributed by atoms with Crippen molar-refractivity contribution in [1.82, 2.24) is 5.32 Å². The molecule has 1 aliphatic rings. The van der Waals surface area contributed by atoms with Crippen LogP contribution in [-0.2, 0) is 4.74 Å². The van der Waals surface area contributed by atoms with Crippen LogP contribution in [0.25, 0.3) is 0 Å². The number of aliphatic hydroxyl groups excluding tert-OH is 4. The molecular weight excluding hydrogens is 280 g/mol. The lowest BCUT2D eigenvalue weighted by Crippen LogP contribution is -2.64. The van der Waals surface area contributed by atoms with E-state index in [0.717, 1.165) is 0 Å². The minimum atomic E-state index is -1.56. The second-order valence-electron chi connectivity index (χ2n) is 4.82. The predicted molar refractivity (Wildman–Crippen MR) is 72.1 cm³/mol. The third kappa shape index (κ3) is 3.14. The van der Waals surface area contributed by atoms with Gasteiger partial charge >= 0.3 is 0 Å². The molecule has 8 heteroatoms. The molecule has 0 radical (unpaired) electrons. The van der Waals surface area contributed by atoms with Crippen LogP contribution in [0.4, 0.5) is 5.69 Å². The summed E-state index contributed by atoms with van der Waals surface area (Å²) in [7, 11) is 0. The topological polar surface area (TPSA) is 145 Å². The Hall–Kier alpha value is -1.71. The van der Waals surface area contributed by atoms with Crippen molar-refractivity contribution in [2.75, 3.05) is 12.3 Å². The molecule has 2 rings (SSSR count). The van der Waals surface area contributed by atoms with Crippen LogP contribution in [0, 0.1) is 0 Å². The molecule has 0 saturated carbocycles. The van der Waals surface area contributed by atoms with E-state index in [1.165, 1.54) is 12.1 Å². The van der Waals surface area contributed by atoms with Crippen LogP contribution in [0.3, 0.4) is 0 Å². The Morgan fingerprint density at radius 1 is 1.24 bits per heavy atom. The number of hydrogen-bond acceptors (Lipinski definition) is 7. The van der Waals surface area contributed by atoms with Gasteiger partial charge in [-0.2, -0.15) is 0 Å². The summed E-state index contributed by atoms with van der Waals surface area (Å²) in [5, 5.41) is 40.8. The van der Waals surface area contributed by atoms with E-state index in [1.807, 2.05) is 0 Å². The van der Waals surface area contributed by atoms with Gasteiger partial charge in [-0.25, -0.2) is 0 Å². The molecule has 1 aliphatic heterocycles. The SMILES string of the molecule is Nc1ccccc1C(=O)NC1C(O)OC(CO)C(O)C1O. The van der Waals surface area contributed by atoms with Gasteiger partial charge in [-0.05, 0) is 12.1 Å². The Morgan fingerprint density at radius 2 is 1.90 bits per heavy atom. The maximum atomic E-state index is 12.1. The Morgan fingerprint density at radius 3 is 2.52 bits per heavy atom. The maximum Gasteiger partial charge on any atom is 0.253 e. The van der Waals surface area contributed by atoms with Crippen molar-refractivity contribution < 1.29 is 30.0 Å². The smallest absolute Gasteiger partial charge is 0.253 e. The fourth-order valence-electron chi connectivity index (χ4n) is 2.19. The van der Waals surface area contributed by atoms with E-state index in [0.29, 0.717) is 0 Å². The molecule has 8 nitrogen and oxygen atoms in total. The molecule has 1 heterocycles. The predicted octanol–water partition coefficient (Wildman–Crippen LogP) is -2.20. The van der Waals surface area contributed by atoms with Crippen LogP contribution < -0.4 is 11.1 Å². The molecule has 1 saturated heterocycles. The lowest BCUT2D eigenvalue weighted by molar-refractivity contribution is -0.252. The van der Waals surface area contributed by atoms with Crippen LogP contribution in [0.15, 0.2) is 24.3 Å². The minimum absolute atomic E-state index is 0.177. The summed E-state index contributed by atoms with van der Waals surface area (Å²) in [6.45, 7) is -0.568. The number of aliphatic hydroxyl groups is 4. The molecule has 5 atom stereocenters. The van der Waals surface area contributed by atoms with Crippen molar-refractivity contribution in [2.45, 2.75) is 30.6 Å². The van der Waals surface area contributed by atoms with Gasteiger partial charge in [0.1, 0.15) is 24.4 Å². The van der Waals surface area contributed by atoms with Crippen molar-refractivity contribution in [1.29, 1.82) is 0 Å². The number of carbonyl (C=O) groups is 1. The molecular formula is C13H18N2O6. The summed E-state index contributed by atoms with van der Waals surface area (Å²) >= 11 is 0. The molecule has 1 fully saturated rings. The van der Waals surface area contributed by atoms with Crippen molar-refractivity contribution in [3.63, 3.8) is 0 Å². The summed E-state index contributed by atoms with van der Waals surface area (Å²) in [6, 6.07) is 5.06. The highest BCUT2D eigenvalue weighted by Crippen LogP contribution is 2.20. The highest BCUT2D eigenvalue weighted by molar-refractivity contribution is 5.99. The molecule has 1 aromatic carbocycles. The number of hydrogen-bond donors (Lipinski definition) is 6. The second kappa shape index (κ2) is 6.37. The van der Waals surface area contributed by atoms with Crippen molar-refractivity contribution in [3.05, 3.63) is 29.8 Å². The van der Waals surface area contributed by atoms with E-state index < -0.39 is 43.2 Å². The summed E-state index contributed by atoms with van der Waals surface area (Å²) in [6.07, 6.45) is -5.60. The summed E-state index contributed by atoms with van der Waals surface area (Å²) in [5.41, 5.74) is 6.08. The Bertz CT molecular complexity index is 511. The van der Waals surface area contributed by atoms with Crippen molar-refractivity contribution >= 4 is 11.6 Å². The molecule has 7 N–H and O–H groups in total. The number of nitrogen functional groups attached to an aromatic ring is 1. The number of benzene rings is 1. The van der Waals surface area contributed by atoms with E-state index >= 15 is 0 Å². The van der Waals surface area contributed by atoms with Crippen molar-refractivity contribution in [2.24, 2.45) is 0 Å². The fourth-order valence-corrected chi connectivity index (χ4v) is 2.19. The van der Waals surface area contributed by atoms with Crippen LogP contribution in [0.5, 0.6) is 0 Å². The molecule has 21 heavy (non-hydrogen) atoms. The minimum Gasteiger partial charge on any atom is -0.398 e. The van der Waals surface area contributed by atoms with Crippen LogP contribution in [-0.4, -0.2) is 63.6 Å². The van der Waals surface area contributed by atoms with Crippen LogP contribution >= 0.6 is 0 Å². The van der Waals surface area contributed by atoms with Gasteiger partial charge in [-0.1, -0.05) is 12.1 Å². The highest BCUT2D eigenvalue weighted by Gasteiger charge is 2.44. The number of rotatable bonds is 3. The number of carbonyl (C=O) groups excluding carboxylic acids is 1. The first kappa shape index (κ1) is 15.7. The number of amides is 1. The van der Waals surface area contributed by atoms with E-state index in [2.05, 4.69) is 5.32 Å². The van der Waals surface area contributed by atoms with Gasteiger partial charge in [-0.15, -0.1) is 0 Å². The lowest BCUT2D eigenvalue weighted by atomic mass is 9.96. The molecule has 5 unspecified atom stereocenters. The van der Waals surface area contributed by atoms with E-state index in [-0.39, 0.29) is 11.3 Å². The van der Waals surface area contributed by atoms with Crippen LogP contribution in [0.2, 0.25) is 0 Å². The van der Waals surface area contributed by atoms with Gasteiger partial charge in [-0.3, -0.25) is 4.79 Å². The Balaban J connectivity index is 2.12. The second-order valence-corrected chi connectivity index (χ2v) is 4.82. The first-order valence-electron chi connectivity index (χ1n) is 6.41. The molecule has 1 amide bonds. The summed E-state index contributed by atoms with van der Waals surface area (Å²) < 4.78 is 4.95. The number of nitrogens with one attached hydrogen (secondary N) is 1. The normalized spacial score (nSPS) is 32.7. The molecule has 0 bridgehead atoms.